The van der Waals surface area contributed by atoms with Crippen LogP contribution < -0.4 is 18.9 Å². The Morgan fingerprint density at radius 1 is 0.805 bits per heavy atom. The van der Waals surface area contributed by atoms with E-state index in [1.807, 2.05) is 48.5 Å². The summed E-state index contributed by atoms with van der Waals surface area (Å²) in [5, 5.41) is 0. The van der Waals surface area contributed by atoms with Gasteiger partial charge in [0.15, 0.2) is 11.5 Å². The fourth-order valence-electron chi connectivity index (χ4n) is 5.23. The molecule has 2 saturated heterocycles. The molecule has 3 aromatic rings. The van der Waals surface area contributed by atoms with Crippen molar-refractivity contribution in [3.05, 3.63) is 71.8 Å². The van der Waals surface area contributed by atoms with Crippen LogP contribution in [0.1, 0.15) is 30.4 Å². The number of carbonyl (C=O) groups excluding carboxylic acids is 2. The maximum atomic E-state index is 12.3. The van der Waals surface area contributed by atoms with Gasteiger partial charge < -0.3 is 27.3 Å². The number of piperidine rings is 1. The van der Waals surface area contributed by atoms with Gasteiger partial charge in [0.1, 0.15) is 23.9 Å². The van der Waals surface area contributed by atoms with Gasteiger partial charge in [-0.2, -0.15) is 0 Å². The van der Waals surface area contributed by atoms with Crippen molar-refractivity contribution in [3.8, 4) is 28.7 Å². The monoisotopic (exact) mass is 577 g/mol. The van der Waals surface area contributed by atoms with Gasteiger partial charge in [-0.1, -0.05) is 35.2 Å². The predicted molar refractivity (Wildman–Crippen MR) is 154 cm³/mol. The lowest BCUT2D eigenvalue weighted by molar-refractivity contribution is -0.150. The van der Waals surface area contributed by atoms with Crippen LogP contribution in [0.5, 0.6) is 28.7 Å². The van der Waals surface area contributed by atoms with Crippen LogP contribution in [0.3, 0.4) is 0 Å². The topological polar surface area (TPSA) is 92.8 Å². The fourth-order valence-corrected chi connectivity index (χ4v) is 7.85. The van der Waals surface area contributed by atoms with Gasteiger partial charge in [0.2, 0.25) is 0 Å². The van der Waals surface area contributed by atoms with Crippen molar-refractivity contribution in [1.29, 1.82) is 0 Å². The van der Waals surface area contributed by atoms with Crippen LogP contribution in [0.15, 0.2) is 65.6 Å². The van der Waals surface area contributed by atoms with Crippen molar-refractivity contribution in [2.45, 2.75) is 24.2 Å². The van der Waals surface area contributed by atoms with Crippen LogP contribution in [0.2, 0.25) is 0 Å². The molecule has 0 unspecified atom stereocenters. The molecule has 3 heterocycles. The van der Waals surface area contributed by atoms with Gasteiger partial charge >= 0.3 is 11.9 Å². The Morgan fingerprint density at radius 2 is 1.49 bits per heavy atom. The molecule has 0 N–H and O–H groups in total. The molecule has 0 radical (unpaired) electrons. The Morgan fingerprint density at radius 3 is 2.20 bits per heavy atom. The molecule has 0 bridgehead atoms. The summed E-state index contributed by atoms with van der Waals surface area (Å²) in [7, 11) is 0.192. The van der Waals surface area contributed by atoms with Gasteiger partial charge in [-0.25, -0.2) is 9.59 Å². The lowest BCUT2D eigenvalue weighted by Crippen LogP contribution is -2.33. The number of benzene rings is 3. The summed E-state index contributed by atoms with van der Waals surface area (Å²) < 4.78 is 34.8. The average Bonchev–Trinajstić information content (AvgIpc) is 3.48. The predicted octanol–water partition coefficient (Wildman–Crippen LogP) is 5.97. The van der Waals surface area contributed by atoms with Gasteiger partial charge in [0.25, 0.3) is 0 Å². The zero-order valence-corrected chi connectivity index (χ0v) is 23.7. The summed E-state index contributed by atoms with van der Waals surface area (Å²) in [4.78, 5) is 28.1. The van der Waals surface area contributed by atoms with Crippen LogP contribution >= 0.6 is 10.6 Å². The van der Waals surface area contributed by atoms with Crippen LogP contribution in [0, 0.1) is 0 Å². The van der Waals surface area contributed by atoms with E-state index in [0.29, 0.717) is 45.0 Å². The molecule has 3 aromatic carbocycles. The smallest absolute Gasteiger partial charge is 0.442 e. The standard InChI is InChI=1S/C31H31NO8S/c1-35-25-20-26(36-2)27(38-23-12-10-22(11-13-23)37-17-16-32-14-6-3-7-15-32)19-24(25)29-18-21-8-4-5-9-28(21)41(29)39-30(33)31(34)40-41/h4-5,8-13,18-20H,3,6-7,14-17H2,1-2H3. The zero-order chi connectivity index (χ0) is 28.4. The van der Waals surface area contributed by atoms with Crippen LogP contribution in [0.4, 0.5) is 0 Å². The SMILES string of the molecule is COc1cc(OC)c(C2=Cc3ccccc3S23OC(=O)C(=O)O3)cc1Oc1ccc(OCCN2CCCCC2)cc1. The Hall–Kier alpha value is -4.15. The number of nitrogens with zero attached hydrogens (tertiary/aromatic N) is 1. The van der Waals surface area contributed by atoms with Crippen LogP contribution in [-0.4, -0.2) is 57.3 Å². The second-order valence-corrected chi connectivity index (χ2v) is 12.0. The third-order valence-electron chi connectivity index (χ3n) is 7.27. The first-order chi connectivity index (χ1) is 20.0. The molecule has 0 atom stereocenters. The van der Waals surface area contributed by atoms with E-state index in [0.717, 1.165) is 30.9 Å². The number of hydrogen-bond acceptors (Lipinski definition) is 9. The Bertz CT molecular complexity index is 1480. The van der Waals surface area contributed by atoms with Crippen molar-refractivity contribution in [2.24, 2.45) is 0 Å². The lowest BCUT2D eigenvalue weighted by Gasteiger charge is -2.35. The van der Waals surface area contributed by atoms with Gasteiger partial charge in [0, 0.05) is 23.7 Å². The largest absolute Gasteiger partial charge is 0.496 e. The molecule has 0 aliphatic carbocycles. The third-order valence-corrected chi connectivity index (χ3v) is 9.90. The quantitative estimate of drug-likeness (QED) is 0.285. The lowest BCUT2D eigenvalue weighted by atomic mass is 10.1. The first-order valence-corrected chi connectivity index (χ1v) is 15.0. The summed E-state index contributed by atoms with van der Waals surface area (Å²) in [6.45, 7) is 3.82. The number of rotatable bonds is 9. The molecule has 9 nitrogen and oxygen atoms in total. The Kier molecular flexibility index (Phi) is 7.51. The fraction of sp³-hybridized carbons (Fsp3) is 0.290. The van der Waals surface area contributed by atoms with Gasteiger partial charge in [-0.3, -0.25) is 4.90 Å². The molecule has 3 aliphatic heterocycles. The van der Waals surface area contributed by atoms with Crippen molar-refractivity contribution in [3.63, 3.8) is 0 Å². The molecule has 6 rings (SSSR count). The van der Waals surface area contributed by atoms with Gasteiger partial charge in [0.05, 0.1) is 24.0 Å². The molecule has 3 aliphatic rings. The first-order valence-electron chi connectivity index (χ1n) is 13.5. The molecule has 214 valence electrons. The number of ether oxygens (including phenoxy) is 4. The van der Waals surface area contributed by atoms with E-state index in [9.17, 15) is 9.59 Å². The summed E-state index contributed by atoms with van der Waals surface area (Å²) >= 11 is 0. The summed E-state index contributed by atoms with van der Waals surface area (Å²) in [6.07, 6.45) is 5.67. The third kappa shape index (κ3) is 5.20. The van der Waals surface area contributed by atoms with E-state index in [1.54, 1.807) is 25.3 Å². The highest BCUT2D eigenvalue weighted by Crippen LogP contribution is 2.75. The van der Waals surface area contributed by atoms with E-state index in [1.165, 1.54) is 26.4 Å². The maximum Gasteiger partial charge on any atom is 0.442 e. The molecule has 2 fully saturated rings. The molecule has 10 heteroatoms. The van der Waals surface area contributed by atoms with E-state index in [2.05, 4.69) is 4.90 Å². The minimum atomic E-state index is -2.88. The summed E-state index contributed by atoms with van der Waals surface area (Å²) in [6, 6.07) is 18.2. The number of hydrogen-bond donors (Lipinski definition) is 0. The van der Waals surface area contributed by atoms with E-state index in [4.69, 9.17) is 27.3 Å². The molecule has 0 saturated carbocycles. The maximum absolute atomic E-state index is 12.3. The van der Waals surface area contributed by atoms with E-state index in [-0.39, 0.29) is 0 Å². The summed E-state index contributed by atoms with van der Waals surface area (Å²) in [5.41, 5.74) is 1.34. The number of fused-ring (bicyclic) bond motifs is 2. The average molecular weight is 578 g/mol. The van der Waals surface area contributed by atoms with E-state index >= 15 is 0 Å². The Balaban J connectivity index is 1.26. The highest BCUT2D eigenvalue weighted by Gasteiger charge is 2.50. The molecular weight excluding hydrogens is 546 g/mol. The van der Waals surface area contributed by atoms with Crippen molar-refractivity contribution < 1.29 is 36.9 Å². The Labute approximate surface area is 240 Å². The number of methoxy groups -OCH3 is 2. The number of carbonyl (C=O) groups is 2. The highest BCUT2D eigenvalue weighted by atomic mass is 32.3. The highest BCUT2D eigenvalue weighted by molar-refractivity contribution is 8.35. The molecule has 1 spiro atoms. The zero-order valence-electron chi connectivity index (χ0n) is 22.9. The molecular formula is C31H31NO8S. The number of likely N-dealkylation sites (tertiary alicyclic amines) is 1. The minimum absolute atomic E-state index is 0.407. The second kappa shape index (κ2) is 11.4. The van der Waals surface area contributed by atoms with Gasteiger partial charge in [-0.05, 0) is 68.4 Å². The molecule has 0 amide bonds. The molecule has 0 aromatic heterocycles. The molecule has 41 heavy (non-hydrogen) atoms. The van der Waals surface area contributed by atoms with Crippen molar-refractivity contribution in [1.82, 2.24) is 4.90 Å². The normalized spacial score (nSPS) is 18.2. The first kappa shape index (κ1) is 27.0. The van der Waals surface area contributed by atoms with Crippen LogP contribution in [-0.2, 0) is 18.0 Å². The van der Waals surface area contributed by atoms with Crippen molar-refractivity contribution in [2.75, 3.05) is 40.5 Å². The van der Waals surface area contributed by atoms with Gasteiger partial charge in [-0.15, -0.1) is 0 Å². The second-order valence-electron chi connectivity index (χ2n) is 9.82. The van der Waals surface area contributed by atoms with E-state index < -0.39 is 22.5 Å². The minimum Gasteiger partial charge on any atom is -0.496 e. The summed E-state index contributed by atoms with van der Waals surface area (Å²) in [5.74, 6) is 0.580. The van der Waals surface area contributed by atoms with Crippen LogP contribution in [0.25, 0.3) is 11.0 Å². The van der Waals surface area contributed by atoms with Crippen molar-refractivity contribution >= 4 is 33.5 Å².